The van der Waals surface area contributed by atoms with E-state index in [-0.39, 0.29) is 12.1 Å². The van der Waals surface area contributed by atoms with Crippen LogP contribution in [0.2, 0.25) is 0 Å². The van der Waals surface area contributed by atoms with Crippen LogP contribution in [0.4, 0.5) is 4.79 Å². The minimum atomic E-state index is -0.449. The highest BCUT2D eigenvalue weighted by Gasteiger charge is 2.16. The van der Waals surface area contributed by atoms with Gasteiger partial charge in [-0.05, 0) is 55.4 Å². The van der Waals surface area contributed by atoms with Crippen molar-refractivity contribution < 1.29 is 9.53 Å². The summed E-state index contributed by atoms with van der Waals surface area (Å²) in [5, 5.41) is 6.21. The van der Waals surface area contributed by atoms with Gasteiger partial charge in [0.25, 0.3) is 0 Å². The SMILES string of the molecule is CC(CNC(=O)OC(C)(C)C)NCCN(C(C)C)C(C)C. The second-order valence-electron chi connectivity index (χ2n) is 7.16. The molecule has 0 aliphatic heterocycles. The lowest BCUT2D eigenvalue weighted by Gasteiger charge is -2.31. The highest BCUT2D eigenvalue weighted by molar-refractivity contribution is 5.67. The highest BCUT2D eigenvalue weighted by Crippen LogP contribution is 2.06. The first kappa shape index (κ1) is 20.2. The van der Waals surface area contributed by atoms with E-state index in [1.165, 1.54) is 0 Å². The molecular formula is C16H35N3O2. The molecule has 1 amide bonds. The van der Waals surface area contributed by atoms with Gasteiger partial charge >= 0.3 is 6.09 Å². The number of nitrogens with zero attached hydrogens (tertiary/aromatic N) is 1. The molecule has 0 aromatic carbocycles. The molecule has 0 aromatic rings. The number of amides is 1. The fraction of sp³-hybridized carbons (Fsp3) is 0.938. The molecule has 0 aliphatic carbocycles. The summed E-state index contributed by atoms with van der Waals surface area (Å²) in [5.74, 6) is 0. The van der Waals surface area contributed by atoms with Crippen LogP contribution in [-0.4, -0.2) is 54.4 Å². The van der Waals surface area contributed by atoms with Crippen LogP contribution in [0.3, 0.4) is 0 Å². The van der Waals surface area contributed by atoms with Crippen molar-refractivity contribution in [2.24, 2.45) is 0 Å². The largest absolute Gasteiger partial charge is 0.444 e. The minimum absolute atomic E-state index is 0.221. The molecule has 0 spiro atoms. The first-order chi connectivity index (χ1) is 9.53. The van der Waals surface area contributed by atoms with E-state index in [0.29, 0.717) is 18.6 Å². The zero-order valence-electron chi connectivity index (χ0n) is 15.1. The lowest BCUT2D eigenvalue weighted by molar-refractivity contribution is 0.0523. The average molecular weight is 301 g/mol. The Balaban J connectivity index is 3.90. The summed E-state index contributed by atoms with van der Waals surface area (Å²) >= 11 is 0. The van der Waals surface area contributed by atoms with E-state index in [0.717, 1.165) is 13.1 Å². The molecule has 0 heterocycles. The van der Waals surface area contributed by atoms with E-state index in [1.807, 2.05) is 20.8 Å². The average Bonchev–Trinajstić information content (AvgIpc) is 2.28. The van der Waals surface area contributed by atoms with E-state index in [9.17, 15) is 4.79 Å². The molecule has 5 heteroatoms. The molecule has 1 unspecified atom stereocenters. The minimum Gasteiger partial charge on any atom is -0.444 e. The second-order valence-corrected chi connectivity index (χ2v) is 7.16. The maximum absolute atomic E-state index is 11.6. The Bertz CT molecular complexity index is 290. The normalized spacial score (nSPS) is 13.9. The summed E-state index contributed by atoms with van der Waals surface area (Å²) in [5.41, 5.74) is -0.449. The van der Waals surface area contributed by atoms with E-state index in [4.69, 9.17) is 4.74 Å². The van der Waals surface area contributed by atoms with Crippen molar-refractivity contribution in [2.75, 3.05) is 19.6 Å². The number of carbonyl (C=O) groups excluding carboxylic acids is 1. The molecule has 0 bridgehead atoms. The quantitative estimate of drug-likeness (QED) is 0.723. The maximum atomic E-state index is 11.6. The molecule has 0 radical (unpaired) electrons. The van der Waals surface area contributed by atoms with Gasteiger partial charge in [0, 0.05) is 37.8 Å². The van der Waals surface area contributed by atoms with Gasteiger partial charge in [-0.3, -0.25) is 4.90 Å². The van der Waals surface area contributed by atoms with Crippen molar-refractivity contribution in [1.29, 1.82) is 0 Å². The number of carbonyl (C=O) groups is 1. The number of hydrogen-bond donors (Lipinski definition) is 2. The number of hydrogen-bond acceptors (Lipinski definition) is 4. The van der Waals surface area contributed by atoms with E-state index >= 15 is 0 Å². The molecule has 0 aliphatic rings. The predicted molar refractivity (Wildman–Crippen MR) is 88.7 cm³/mol. The number of alkyl carbamates (subject to hydrolysis) is 1. The predicted octanol–water partition coefficient (Wildman–Crippen LogP) is 2.61. The molecule has 0 fully saturated rings. The van der Waals surface area contributed by atoms with Crippen LogP contribution in [0.25, 0.3) is 0 Å². The molecule has 1 atom stereocenters. The lowest BCUT2D eigenvalue weighted by Crippen LogP contribution is -2.46. The standard InChI is InChI=1S/C16H35N3O2/c1-12(2)19(13(3)4)10-9-17-14(5)11-18-15(20)21-16(6,7)8/h12-14,17H,9-11H2,1-8H3,(H,18,20). The zero-order valence-corrected chi connectivity index (χ0v) is 15.1. The van der Waals surface area contributed by atoms with Crippen molar-refractivity contribution in [1.82, 2.24) is 15.5 Å². The van der Waals surface area contributed by atoms with Gasteiger partial charge < -0.3 is 15.4 Å². The van der Waals surface area contributed by atoms with Crippen LogP contribution in [0.5, 0.6) is 0 Å². The van der Waals surface area contributed by atoms with Crippen LogP contribution in [-0.2, 0) is 4.74 Å². The molecule has 126 valence electrons. The number of ether oxygens (including phenoxy) is 1. The molecule has 21 heavy (non-hydrogen) atoms. The molecule has 0 aromatic heterocycles. The smallest absolute Gasteiger partial charge is 0.407 e. The van der Waals surface area contributed by atoms with Crippen molar-refractivity contribution in [3.05, 3.63) is 0 Å². The third-order valence-electron chi connectivity index (χ3n) is 3.14. The van der Waals surface area contributed by atoms with Crippen molar-refractivity contribution in [3.8, 4) is 0 Å². The van der Waals surface area contributed by atoms with Gasteiger partial charge in [0.2, 0.25) is 0 Å². The van der Waals surface area contributed by atoms with Gasteiger partial charge in [-0.15, -0.1) is 0 Å². The molecule has 0 saturated carbocycles. The Hall–Kier alpha value is -0.810. The van der Waals surface area contributed by atoms with Gasteiger partial charge in [0.05, 0.1) is 0 Å². The summed E-state index contributed by atoms with van der Waals surface area (Å²) in [7, 11) is 0. The maximum Gasteiger partial charge on any atom is 0.407 e. The van der Waals surface area contributed by atoms with Crippen LogP contribution in [0.15, 0.2) is 0 Å². The van der Waals surface area contributed by atoms with E-state index < -0.39 is 5.60 Å². The first-order valence-electron chi connectivity index (χ1n) is 7.99. The van der Waals surface area contributed by atoms with Crippen LogP contribution in [0.1, 0.15) is 55.4 Å². The van der Waals surface area contributed by atoms with Crippen molar-refractivity contribution >= 4 is 6.09 Å². The van der Waals surface area contributed by atoms with Crippen LogP contribution < -0.4 is 10.6 Å². The molecule has 0 rings (SSSR count). The van der Waals surface area contributed by atoms with E-state index in [1.54, 1.807) is 0 Å². The summed E-state index contributed by atoms with van der Waals surface area (Å²) in [6, 6.07) is 1.31. The van der Waals surface area contributed by atoms with Crippen molar-refractivity contribution in [3.63, 3.8) is 0 Å². The van der Waals surface area contributed by atoms with Crippen molar-refractivity contribution in [2.45, 2.75) is 79.1 Å². The Labute approximate surface area is 130 Å². The molecule has 2 N–H and O–H groups in total. The molecular weight excluding hydrogens is 266 g/mol. The fourth-order valence-electron chi connectivity index (χ4n) is 2.18. The van der Waals surface area contributed by atoms with Crippen LogP contribution >= 0.6 is 0 Å². The van der Waals surface area contributed by atoms with Gasteiger partial charge in [-0.2, -0.15) is 0 Å². The Kier molecular flexibility index (Phi) is 8.90. The topological polar surface area (TPSA) is 53.6 Å². The Morgan fingerprint density at radius 3 is 2.05 bits per heavy atom. The van der Waals surface area contributed by atoms with Gasteiger partial charge in [-0.25, -0.2) is 4.79 Å². The summed E-state index contributed by atoms with van der Waals surface area (Å²) < 4.78 is 5.21. The molecule has 5 nitrogen and oxygen atoms in total. The molecule has 0 saturated heterocycles. The highest BCUT2D eigenvalue weighted by atomic mass is 16.6. The van der Waals surface area contributed by atoms with Gasteiger partial charge in [-0.1, -0.05) is 0 Å². The van der Waals surface area contributed by atoms with E-state index in [2.05, 4.69) is 50.2 Å². The second kappa shape index (κ2) is 9.26. The Morgan fingerprint density at radius 2 is 1.62 bits per heavy atom. The first-order valence-corrected chi connectivity index (χ1v) is 7.99. The number of nitrogens with one attached hydrogen (secondary N) is 2. The van der Waals surface area contributed by atoms with Gasteiger partial charge in [0.15, 0.2) is 0 Å². The third kappa shape index (κ3) is 10.5. The third-order valence-corrected chi connectivity index (χ3v) is 3.14. The van der Waals surface area contributed by atoms with Gasteiger partial charge in [0.1, 0.15) is 5.60 Å². The number of rotatable bonds is 8. The lowest BCUT2D eigenvalue weighted by atomic mass is 10.2. The summed E-state index contributed by atoms with van der Waals surface area (Å²) in [6.07, 6.45) is -0.359. The summed E-state index contributed by atoms with van der Waals surface area (Å²) in [6.45, 7) is 19.0. The Morgan fingerprint density at radius 1 is 1.10 bits per heavy atom. The van der Waals surface area contributed by atoms with Crippen LogP contribution in [0, 0.1) is 0 Å². The summed E-state index contributed by atoms with van der Waals surface area (Å²) in [4.78, 5) is 14.0. The zero-order chi connectivity index (χ0) is 16.6. The monoisotopic (exact) mass is 301 g/mol. The fourth-order valence-corrected chi connectivity index (χ4v) is 2.18.